The van der Waals surface area contributed by atoms with E-state index in [1.807, 2.05) is 48.3 Å². The smallest absolute Gasteiger partial charge is 0.261 e. The average Bonchev–Trinajstić information content (AvgIpc) is 3.08. The number of benzene rings is 4. The lowest BCUT2D eigenvalue weighted by Crippen LogP contribution is -2.46. The highest BCUT2D eigenvalue weighted by Gasteiger charge is 2.34. The van der Waals surface area contributed by atoms with Crippen LogP contribution in [0.3, 0.4) is 0 Å². The zero-order valence-corrected chi connectivity index (χ0v) is 29.5. The third kappa shape index (κ3) is 7.59. The number of sulfonamides is 1. The minimum Gasteiger partial charge on any atom is -0.305 e. The SMILES string of the molecule is CCCCC.CN(CCCN(CCN1C(=O)c2cccc3cccc(c23)C1=O)S(C)(=O)=O)CCN1C(=O)c2cccc3cccc(c23)C1=O. The Hall–Kier alpha value is -4.45. The van der Waals surface area contributed by atoms with Gasteiger partial charge in [0.1, 0.15) is 0 Å². The van der Waals surface area contributed by atoms with Gasteiger partial charge in [-0.05, 0) is 55.1 Å². The second-order valence-electron chi connectivity index (χ2n) is 12.6. The van der Waals surface area contributed by atoms with Crippen molar-refractivity contribution in [3.05, 3.63) is 95.1 Å². The summed E-state index contributed by atoms with van der Waals surface area (Å²) in [5, 5.41) is 2.97. The van der Waals surface area contributed by atoms with Gasteiger partial charge in [-0.25, -0.2) is 12.7 Å². The molecule has 49 heavy (non-hydrogen) atoms. The van der Waals surface area contributed by atoms with E-state index in [1.54, 1.807) is 36.4 Å². The number of hydrogen-bond acceptors (Lipinski definition) is 7. The normalized spacial score (nSPS) is 14.3. The summed E-state index contributed by atoms with van der Waals surface area (Å²) in [6.45, 7) is 5.62. The predicted octanol–water partition coefficient (Wildman–Crippen LogP) is 5.67. The van der Waals surface area contributed by atoms with Gasteiger partial charge in [-0.1, -0.05) is 81.6 Å². The fraction of sp³-hybridized carbons (Fsp3) is 0.368. The minimum atomic E-state index is -3.62. The molecular formula is C38H44N4O6S. The van der Waals surface area contributed by atoms with Gasteiger partial charge in [0.15, 0.2) is 0 Å². The fourth-order valence-electron chi connectivity index (χ4n) is 6.48. The summed E-state index contributed by atoms with van der Waals surface area (Å²) in [4.78, 5) is 57.1. The van der Waals surface area contributed by atoms with Crippen LogP contribution in [-0.2, 0) is 10.0 Å². The van der Waals surface area contributed by atoms with Crippen LogP contribution in [0, 0.1) is 0 Å². The Labute approximate surface area is 288 Å². The van der Waals surface area contributed by atoms with Crippen molar-refractivity contribution >= 4 is 55.2 Å². The van der Waals surface area contributed by atoms with Gasteiger partial charge in [-0.3, -0.25) is 29.0 Å². The highest BCUT2D eigenvalue weighted by molar-refractivity contribution is 7.88. The van der Waals surface area contributed by atoms with Crippen molar-refractivity contribution in [2.24, 2.45) is 0 Å². The van der Waals surface area contributed by atoms with Crippen LogP contribution < -0.4 is 0 Å². The molecule has 2 aliphatic rings. The zero-order chi connectivity index (χ0) is 35.3. The Morgan fingerprint density at radius 2 is 0.939 bits per heavy atom. The summed E-state index contributed by atoms with van der Waals surface area (Å²) >= 11 is 0. The Balaban J connectivity index is 0.000000874. The maximum absolute atomic E-state index is 13.2. The van der Waals surface area contributed by atoms with Gasteiger partial charge in [0, 0.05) is 65.8 Å². The molecule has 0 bridgehead atoms. The number of imide groups is 2. The molecule has 2 heterocycles. The Morgan fingerprint density at radius 1 is 0.551 bits per heavy atom. The maximum atomic E-state index is 13.2. The molecule has 0 aliphatic carbocycles. The van der Waals surface area contributed by atoms with Crippen molar-refractivity contribution in [2.45, 2.75) is 39.5 Å². The molecule has 4 aromatic rings. The number of hydrogen-bond donors (Lipinski definition) is 0. The van der Waals surface area contributed by atoms with Gasteiger partial charge in [-0.2, -0.15) is 0 Å². The van der Waals surface area contributed by atoms with Gasteiger partial charge >= 0.3 is 0 Å². The van der Waals surface area contributed by atoms with E-state index in [1.165, 1.54) is 28.5 Å². The molecule has 6 rings (SSSR count). The lowest BCUT2D eigenvalue weighted by molar-refractivity contribution is 0.0587. The summed E-state index contributed by atoms with van der Waals surface area (Å²) < 4.78 is 26.5. The second-order valence-corrected chi connectivity index (χ2v) is 14.6. The lowest BCUT2D eigenvalue weighted by Gasteiger charge is -2.30. The second kappa shape index (κ2) is 15.4. The van der Waals surface area contributed by atoms with E-state index >= 15 is 0 Å². The van der Waals surface area contributed by atoms with Crippen LogP contribution >= 0.6 is 0 Å². The molecule has 0 atom stereocenters. The highest BCUT2D eigenvalue weighted by Crippen LogP contribution is 2.31. The van der Waals surface area contributed by atoms with Gasteiger partial charge in [0.25, 0.3) is 23.6 Å². The summed E-state index contributed by atoms with van der Waals surface area (Å²) in [5.41, 5.74) is 1.87. The Bertz CT molecular complexity index is 1910. The molecule has 0 saturated carbocycles. The molecule has 0 aromatic heterocycles. The van der Waals surface area contributed by atoms with Crippen LogP contribution in [0.1, 0.15) is 81.0 Å². The first-order valence-electron chi connectivity index (χ1n) is 16.9. The number of carbonyl (C=O) groups excluding carboxylic acids is 4. The number of amides is 4. The number of carbonyl (C=O) groups is 4. The topological polar surface area (TPSA) is 115 Å². The molecule has 4 aromatic carbocycles. The molecule has 0 N–H and O–H groups in total. The van der Waals surface area contributed by atoms with E-state index in [4.69, 9.17) is 0 Å². The molecule has 11 heteroatoms. The third-order valence-corrected chi connectivity index (χ3v) is 10.4. The molecule has 0 saturated heterocycles. The number of nitrogens with zero attached hydrogens (tertiary/aromatic N) is 4. The van der Waals surface area contributed by atoms with E-state index in [-0.39, 0.29) is 38.0 Å². The quantitative estimate of drug-likeness (QED) is 0.167. The van der Waals surface area contributed by atoms with Crippen LogP contribution in [-0.4, -0.2) is 104 Å². The van der Waals surface area contributed by atoms with E-state index in [9.17, 15) is 27.6 Å². The summed E-state index contributed by atoms with van der Waals surface area (Å²) in [6.07, 6.45) is 5.66. The third-order valence-electron chi connectivity index (χ3n) is 9.11. The standard InChI is InChI=1S/C33H32N4O6S.C5H12/c1-34(18-20-36-30(38)24-12-3-8-22-9-4-13-25(28(22)24)31(36)39)16-7-17-35(44(2,42)43)19-21-37-32(40)26-14-5-10-23-11-6-15-27(29(23)26)33(37)41;1-3-5-4-2/h3-6,8-15H,7,16-21H2,1-2H3;3-5H2,1-2H3. The summed E-state index contributed by atoms with van der Waals surface area (Å²) in [6, 6.07) is 21.5. The van der Waals surface area contributed by atoms with Crippen molar-refractivity contribution in [1.82, 2.24) is 19.0 Å². The molecule has 258 valence electrons. The van der Waals surface area contributed by atoms with Crippen LogP contribution in [0.4, 0.5) is 0 Å². The first kappa shape index (κ1) is 35.8. The molecule has 0 fully saturated rings. The average molecular weight is 685 g/mol. The molecule has 0 radical (unpaired) electrons. The molecular weight excluding hydrogens is 641 g/mol. The van der Waals surface area contributed by atoms with Crippen molar-refractivity contribution in [3.8, 4) is 0 Å². The molecule has 4 amide bonds. The summed E-state index contributed by atoms with van der Waals surface area (Å²) in [5.74, 6) is -1.52. The molecule has 0 spiro atoms. The molecule has 2 aliphatic heterocycles. The number of unbranched alkanes of at least 4 members (excludes halogenated alkanes) is 2. The van der Waals surface area contributed by atoms with Gasteiger partial charge in [0.05, 0.1) is 6.26 Å². The van der Waals surface area contributed by atoms with Crippen LogP contribution in [0.15, 0.2) is 72.8 Å². The van der Waals surface area contributed by atoms with Gasteiger partial charge < -0.3 is 4.90 Å². The van der Waals surface area contributed by atoms with Crippen LogP contribution in [0.25, 0.3) is 21.5 Å². The highest BCUT2D eigenvalue weighted by atomic mass is 32.2. The van der Waals surface area contributed by atoms with E-state index in [0.717, 1.165) is 21.9 Å². The Morgan fingerprint density at radius 3 is 1.29 bits per heavy atom. The van der Waals surface area contributed by atoms with Gasteiger partial charge in [-0.15, -0.1) is 0 Å². The number of likely N-dealkylation sites (N-methyl/N-ethyl adjacent to an activating group) is 1. The lowest BCUT2D eigenvalue weighted by atomic mass is 9.94. The van der Waals surface area contributed by atoms with Gasteiger partial charge in [0.2, 0.25) is 10.0 Å². The minimum absolute atomic E-state index is 0.0279. The zero-order valence-electron chi connectivity index (χ0n) is 28.6. The first-order valence-corrected chi connectivity index (χ1v) is 18.7. The van der Waals surface area contributed by atoms with Crippen molar-refractivity contribution in [2.75, 3.05) is 52.6 Å². The Kier molecular flexibility index (Phi) is 11.3. The summed E-state index contributed by atoms with van der Waals surface area (Å²) in [7, 11) is -1.77. The molecule has 0 unspecified atom stereocenters. The predicted molar refractivity (Wildman–Crippen MR) is 192 cm³/mol. The van der Waals surface area contributed by atoms with E-state index < -0.39 is 21.8 Å². The van der Waals surface area contributed by atoms with Crippen molar-refractivity contribution < 1.29 is 27.6 Å². The molecule has 10 nitrogen and oxygen atoms in total. The van der Waals surface area contributed by atoms with Crippen LogP contribution in [0.2, 0.25) is 0 Å². The largest absolute Gasteiger partial charge is 0.305 e. The van der Waals surface area contributed by atoms with Crippen molar-refractivity contribution in [1.29, 1.82) is 0 Å². The van der Waals surface area contributed by atoms with Crippen LogP contribution in [0.5, 0.6) is 0 Å². The fourth-order valence-corrected chi connectivity index (χ4v) is 7.35. The maximum Gasteiger partial charge on any atom is 0.261 e. The van der Waals surface area contributed by atoms with E-state index in [0.29, 0.717) is 52.5 Å². The first-order chi connectivity index (χ1) is 23.5. The van der Waals surface area contributed by atoms with Crippen molar-refractivity contribution in [3.63, 3.8) is 0 Å². The monoisotopic (exact) mass is 684 g/mol. The number of rotatable bonds is 13. The van der Waals surface area contributed by atoms with E-state index in [2.05, 4.69) is 13.8 Å².